The van der Waals surface area contributed by atoms with E-state index < -0.39 is 0 Å². The van der Waals surface area contributed by atoms with Crippen LogP contribution in [0.3, 0.4) is 0 Å². The van der Waals surface area contributed by atoms with Crippen LogP contribution in [-0.2, 0) is 4.79 Å². The van der Waals surface area contributed by atoms with Crippen LogP contribution >= 0.6 is 15.9 Å². The van der Waals surface area contributed by atoms with Gasteiger partial charge in [0.1, 0.15) is 0 Å². The van der Waals surface area contributed by atoms with Crippen LogP contribution in [-0.4, -0.2) is 54.8 Å². The van der Waals surface area contributed by atoms with E-state index in [0.717, 1.165) is 31.4 Å². The van der Waals surface area contributed by atoms with Gasteiger partial charge in [0.05, 0.1) is 0 Å². The zero-order valence-corrected chi connectivity index (χ0v) is 9.88. The van der Waals surface area contributed by atoms with Crippen molar-refractivity contribution in [3.05, 3.63) is 0 Å². The molecular weight excluding hydrogens is 232 g/mol. The van der Waals surface area contributed by atoms with Gasteiger partial charge in [0.2, 0.25) is 5.91 Å². The lowest BCUT2D eigenvalue weighted by Crippen LogP contribution is -2.32. The molecule has 0 N–H and O–H groups in total. The molecule has 0 aromatic carbocycles. The first kappa shape index (κ1) is 11.0. The highest BCUT2D eigenvalue weighted by Crippen LogP contribution is 2.18. The fourth-order valence-electron chi connectivity index (χ4n) is 1.49. The van der Waals surface area contributed by atoms with Crippen molar-refractivity contribution in [1.82, 2.24) is 9.80 Å². The lowest BCUT2D eigenvalue weighted by molar-refractivity contribution is -0.127. The molecule has 1 amide bonds. The van der Waals surface area contributed by atoms with Crippen molar-refractivity contribution in [2.24, 2.45) is 5.92 Å². The van der Waals surface area contributed by atoms with Crippen LogP contribution in [0.25, 0.3) is 0 Å². The third-order valence-electron chi connectivity index (χ3n) is 2.33. The van der Waals surface area contributed by atoms with Crippen molar-refractivity contribution in [3.63, 3.8) is 0 Å². The molecule has 1 saturated heterocycles. The summed E-state index contributed by atoms with van der Waals surface area (Å²) in [5.74, 6) is 0.834. The second-order valence-corrected chi connectivity index (χ2v) is 4.51. The monoisotopic (exact) mass is 248 g/mol. The van der Waals surface area contributed by atoms with Gasteiger partial charge in [-0.1, -0.05) is 15.9 Å². The molecule has 0 saturated carbocycles. The summed E-state index contributed by atoms with van der Waals surface area (Å²) >= 11 is 3.42. The minimum Gasteiger partial charge on any atom is -0.341 e. The first-order valence-corrected chi connectivity index (χ1v) is 5.74. The molecule has 3 nitrogen and oxygen atoms in total. The molecule has 0 aromatic rings. The third kappa shape index (κ3) is 3.27. The Morgan fingerprint density at radius 1 is 1.62 bits per heavy atom. The van der Waals surface area contributed by atoms with Crippen molar-refractivity contribution in [1.29, 1.82) is 0 Å². The Balaban J connectivity index is 2.31. The van der Waals surface area contributed by atoms with Crippen molar-refractivity contribution in [2.75, 3.05) is 39.1 Å². The van der Waals surface area contributed by atoms with Gasteiger partial charge in [-0.2, -0.15) is 0 Å². The summed E-state index contributed by atoms with van der Waals surface area (Å²) in [6.45, 7) is 2.76. The van der Waals surface area contributed by atoms with Gasteiger partial charge in [0, 0.05) is 31.4 Å². The summed E-state index contributed by atoms with van der Waals surface area (Å²) < 4.78 is 0. The normalized spacial score (nSPS) is 23.2. The molecule has 0 radical (unpaired) electrons. The molecule has 1 unspecified atom stereocenters. The number of likely N-dealkylation sites (N-methyl/N-ethyl adjacent to an activating group) is 1. The molecule has 0 bridgehead atoms. The average Bonchev–Trinajstić information content (AvgIpc) is 2.43. The van der Waals surface area contributed by atoms with E-state index in [1.54, 1.807) is 0 Å². The first-order valence-electron chi connectivity index (χ1n) is 4.62. The molecule has 1 atom stereocenters. The van der Waals surface area contributed by atoms with Crippen molar-refractivity contribution >= 4 is 21.8 Å². The van der Waals surface area contributed by atoms with Crippen molar-refractivity contribution in [2.45, 2.75) is 6.42 Å². The van der Waals surface area contributed by atoms with Crippen LogP contribution in [0, 0.1) is 5.92 Å². The van der Waals surface area contributed by atoms with Gasteiger partial charge >= 0.3 is 0 Å². The number of hydrogen-bond acceptors (Lipinski definition) is 2. The standard InChI is InChI=1S/C9H17BrN2O/c1-11(2)3-4-12-7-8(6-10)5-9(12)13/h8H,3-7H2,1-2H3. The highest BCUT2D eigenvalue weighted by molar-refractivity contribution is 9.09. The van der Waals surface area contributed by atoms with Gasteiger partial charge in [-0.15, -0.1) is 0 Å². The summed E-state index contributed by atoms with van der Waals surface area (Å²) in [5.41, 5.74) is 0. The molecule has 1 rings (SSSR count). The maximum atomic E-state index is 11.4. The van der Waals surface area contributed by atoms with E-state index in [-0.39, 0.29) is 0 Å². The minimum atomic E-state index is 0.311. The Bertz CT molecular complexity index is 184. The van der Waals surface area contributed by atoms with Gasteiger partial charge in [-0.05, 0) is 20.0 Å². The molecule has 0 spiro atoms. The van der Waals surface area contributed by atoms with Crippen LogP contribution in [0.4, 0.5) is 0 Å². The topological polar surface area (TPSA) is 23.6 Å². The fraction of sp³-hybridized carbons (Fsp3) is 0.889. The van der Waals surface area contributed by atoms with E-state index in [1.807, 2.05) is 19.0 Å². The molecule has 1 aliphatic rings. The Hall–Kier alpha value is -0.0900. The first-order chi connectivity index (χ1) is 6.13. The highest BCUT2D eigenvalue weighted by Gasteiger charge is 2.28. The number of alkyl halides is 1. The van der Waals surface area contributed by atoms with E-state index in [9.17, 15) is 4.79 Å². The predicted octanol–water partition coefficient (Wildman–Crippen LogP) is 0.791. The summed E-state index contributed by atoms with van der Waals surface area (Å²) in [4.78, 5) is 15.5. The summed E-state index contributed by atoms with van der Waals surface area (Å²) in [6.07, 6.45) is 0.721. The van der Waals surface area contributed by atoms with E-state index in [4.69, 9.17) is 0 Å². The quantitative estimate of drug-likeness (QED) is 0.688. The summed E-state index contributed by atoms with van der Waals surface area (Å²) in [7, 11) is 4.06. The largest absolute Gasteiger partial charge is 0.341 e. The molecule has 1 aliphatic heterocycles. The second kappa shape index (κ2) is 4.96. The van der Waals surface area contributed by atoms with E-state index >= 15 is 0 Å². The number of carbonyl (C=O) groups is 1. The van der Waals surface area contributed by atoms with Crippen LogP contribution < -0.4 is 0 Å². The Morgan fingerprint density at radius 3 is 2.77 bits per heavy atom. The number of amides is 1. The lowest BCUT2D eigenvalue weighted by Gasteiger charge is -2.18. The fourth-order valence-corrected chi connectivity index (χ4v) is 1.93. The number of carbonyl (C=O) groups excluding carboxylic acids is 1. The Labute approximate surface area is 88.2 Å². The highest BCUT2D eigenvalue weighted by atomic mass is 79.9. The molecule has 4 heteroatoms. The van der Waals surface area contributed by atoms with Gasteiger partial charge in [-0.3, -0.25) is 4.79 Å². The SMILES string of the molecule is CN(C)CCN1CC(CBr)CC1=O. The third-order valence-corrected chi connectivity index (χ3v) is 3.25. The minimum absolute atomic E-state index is 0.311. The Morgan fingerprint density at radius 2 is 2.31 bits per heavy atom. The molecule has 76 valence electrons. The van der Waals surface area contributed by atoms with Crippen LogP contribution in [0.1, 0.15) is 6.42 Å². The second-order valence-electron chi connectivity index (χ2n) is 3.87. The van der Waals surface area contributed by atoms with E-state index in [0.29, 0.717) is 11.8 Å². The van der Waals surface area contributed by atoms with Gasteiger partial charge < -0.3 is 9.80 Å². The van der Waals surface area contributed by atoms with Crippen molar-refractivity contribution < 1.29 is 4.79 Å². The van der Waals surface area contributed by atoms with Gasteiger partial charge in [0.25, 0.3) is 0 Å². The molecule has 0 aliphatic carbocycles. The smallest absolute Gasteiger partial charge is 0.222 e. The maximum Gasteiger partial charge on any atom is 0.222 e. The number of halogens is 1. The lowest BCUT2D eigenvalue weighted by atomic mass is 10.2. The van der Waals surface area contributed by atoms with Gasteiger partial charge in [0.15, 0.2) is 0 Å². The summed E-state index contributed by atoms with van der Waals surface area (Å²) in [5, 5.41) is 0.942. The number of likely N-dealkylation sites (tertiary alicyclic amines) is 1. The molecule has 1 heterocycles. The van der Waals surface area contributed by atoms with Gasteiger partial charge in [-0.25, -0.2) is 0 Å². The zero-order chi connectivity index (χ0) is 9.84. The van der Waals surface area contributed by atoms with E-state index in [2.05, 4.69) is 20.8 Å². The number of hydrogen-bond donors (Lipinski definition) is 0. The molecule has 0 aromatic heterocycles. The summed E-state index contributed by atoms with van der Waals surface area (Å²) in [6, 6.07) is 0. The average molecular weight is 249 g/mol. The molecule has 1 fully saturated rings. The number of nitrogens with zero attached hydrogens (tertiary/aromatic N) is 2. The van der Waals surface area contributed by atoms with Crippen LogP contribution in [0.5, 0.6) is 0 Å². The number of rotatable bonds is 4. The van der Waals surface area contributed by atoms with Crippen LogP contribution in [0.2, 0.25) is 0 Å². The maximum absolute atomic E-state index is 11.4. The van der Waals surface area contributed by atoms with Crippen molar-refractivity contribution in [3.8, 4) is 0 Å². The van der Waals surface area contributed by atoms with Crippen LogP contribution in [0.15, 0.2) is 0 Å². The van der Waals surface area contributed by atoms with E-state index in [1.165, 1.54) is 0 Å². The molecular formula is C9H17BrN2O. The Kier molecular flexibility index (Phi) is 4.19. The zero-order valence-electron chi connectivity index (χ0n) is 8.29. The predicted molar refractivity (Wildman–Crippen MR) is 57.0 cm³/mol. The molecule has 13 heavy (non-hydrogen) atoms.